The maximum Gasteiger partial charge on any atom is 0.263 e. The van der Waals surface area contributed by atoms with E-state index in [1.54, 1.807) is 24.1 Å². The van der Waals surface area contributed by atoms with Crippen LogP contribution in [0.15, 0.2) is 61.3 Å². The van der Waals surface area contributed by atoms with Crippen molar-refractivity contribution in [3.63, 3.8) is 0 Å². The van der Waals surface area contributed by atoms with Crippen molar-refractivity contribution in [1.29, 1.82) is 0 Å². The molecular formula is C24H28N4O3. The lowest BCUT2D eigenvalue weighted by molar-refractivity contribution is -0.118. The molecule has 1 N–H and O–H groups in total. The van der Waals surface area contributed by atoms with Gasteiger partial charge in [-0.2, -0.15) is 9.78 Å². The number of hydrogen-bond donors (Lipinski definition) is 1. The van der Waals surface area contributed by atoms with Gasteiger partial charge in [-0.3, -0.25) is 4.79 Å². The Morgan fingerprint density at radius 3 is 2.65 bits per heavy atom. The molecule has 0 aliphatic rings. The first-order chi connectivity index (χ1) is 14.8. The van der Waals surface area contributed by atoms with Crippen LogP contribution in [0.1, 0.15) is 32.0 Å². The van der Waals surface area contributed by atoms with Gasteiger partial charge in [0.05, 0.1) is 12.8 Å². The fourth-order valence-corrected chi connectivity index (χ4v) is 2.94. The Labute approximate surface area is 182 Å². The highest BCUT2D eigenvalue weighted by Gasteiger charge is 2.22. The molecule has 0 radical (unpaired) electrons. The monoisotopic (exact) mass is 420 g/mol. The first-order valence-electron chi connectivity index (χ1n) is 10.0. The highest BCUT2D eigenvalue weighted by molar-refractivity contribution is 5.91. The Morgan fingerprint density at radius 2 is 2.00 bits per heavy atom. The molecule has 7 heteroatoms. The van der Waals surface area contributed by atoms with Crippen LogP contribution in [0.3, 0.4) is 0 Å². The van der Waals surface area contributed by atoms with Crippen LogP contribution < -0.4 is 14.8 Å². The number of nitrogens with zero attached hydrogens (tertiary/aromatic N) is 3. The first-order valence-corrected chi connectivity index (χ1v) is 10.0. The zero-order valence-corrected chi connectivity index (χ0v) is 18.4. The van der Waals surface area contributed by atoms with E-state index in [1.807, 2.05) is 42.5 Å². The number of carbonyl (C=O) groups is 1. The molecule has 2 heterocycles. The van der Waals surface area contributed by atoms with Gasteiger partial charge in [0, 0.05) is 17.7 Å². The summed E-state index contributed by atoms with van der Waals surface area (Å²) in [6.07, 6.45) is 4.23. The number of nitrogens with one attached hydrogen (secondary N) is 1. The van der Waals surface area contributed by atoms with E-state index in [0.717, 1.165) is 17.7 Å². The molecule has 0 bridgehead atoms. The van der Waals surface area contributed by atoms with Crippen LogP contribution in [0.5, 0.6) is 11.5 Å². The van der Waals surface area contributed by atoms with Crippen LogP contribution in [0, 0.1) is 0 Å². The molecule has 0 fully saturated rings. The molecule has 3 rings (SSSR count). The Kier molecular flexibility index (Phi) is 6.74. The number of ether oxygens (including phenoxy) is 2. The average Bonchev–Trinajstić information content (AvgIpc) is 3.18. The minimum absolute atomic E-state index is 0.171. The van der Waals surface area contributed by atoms with Crippen LogP contribution in [-0.2, 0) is 16.6 Å². The second kappa shape index (κ2) is 9.47. The summed E-state index contributed by atoms with van der Waals surface area (Å²) in [6, 6.07) is 13.0. The van der Waals surface area contributed by atoms with Crippen molar-refractivity contribution in [2.75, 3.05) is 19.0 Å². The number of amides is 1. The highest BCUT2D eigenvalue weighted by atomic mass is 16.5. The molecule has 1 aromatic carbocycles. The van der Waals surface area contributed by atoms with Crippen LogP contribution in [0.2, 0.25) is 0 Å². The molecule has 7 nitrogen and oxygen atoms in total. The van der Waals surface area contributed by atoms with Crippen LogP contribution in [0.25, 0.3) is 5.82 Å². The maximum absolute atomic E-state index is 12.6. The third kappa shape index (κ3) is 5.51. The Morgan fingerprint density at radius 1 is 1.19 bits per heavy atom. The van der Waals surface area contributed by atoms with Gasteiger partial charge in [-0.15, -0.1) is 6.58 Å². The van der Waals surface area contributed by atoms with Crippen molar-refractivity contribution < 1.29 is 14.3 Å². The first kappa shape index (κ1) is 22.1. The van der Waals surface area contributed by atoms with Crippen molar-refractivity contribution in [2.24, 2.45) is 0 Å². The van der Waals surface area contributed by atoms with E-state index in [1.165, 1.54) is 0 Å². The number of pyridine rings is 1. The fraction of sp³-hybridized carbons (Fsp3) is 0.292. The quantitative estimate of drug-likeness (QED) is 0.549. The van der Waals surface area contributed by atoms with E-state index in [0.29, 0.717) is 23.1 Å². The zero-order valence-electron chi connectivity index (χ0n) is 18.4. The van der Waals surface area contributed by atoms with Gasteiger partial charge in [0.15, 0.2) is 23.9 Å². The van der Waals surface area contributed by atoms with Gasteiger partial charge in [-0.05, 0) is 36.2 Å². The summed E-state index contributed by atoms with van der Waals surface area (Å²) < 4.78 is 12.7. The summed E-state index contributed by atoms with van der Waals surface area (Å²) in [5.74, 6) is 1.91. The molecule has 0 spiro atoms. The summed E-state index contributed by atoms with van der Waals surface area (Å²) in [6.45, 7) is 9.77. The predicted molar refractivity (Wildman–Crippen MR) is 121 cm³/mol. The standard InChI is InChI=1S/C24H28N4O3/c1-6-9-17-11-12-18(19(14-17)30-5)31-16-23(29)26-22-15-20(24(2,3)4)27-28(22)21-10-7-8-13-25-21/h6-8,10-15H,1,9,16H2,2-5H3,(H,26,29). The normalized spacial score (nSPS) is 11.1. The van der Waals surface area contributed by atoms with Gasteiger partial charge in [0.1, 0.15) is 5.82 Å². The van der Waals surface area contributed by atoms with Gasteiger partial charge in [0.25, 0.3) is 5.91 Å². The lowest BCUT2D eigenvalue weighted by Crippen LogP contribution is -2.22. The zero-order chi connectivity index (χ0) is 22.4. The largest absolute Gasteiger partial charge is 0.493 e. The third-order valence-electron chi connectivity index (χ3n) is 4.58. The summed E-state index contributed by atoms with van der Waals surface area (Å²) in [7, 11) is 1.57. The van der Waals surface area contributed by atoms with E-state index in [4.69, 9.17) is 9.47 Å². The molecule has 162 valence electrons. The summed E-state index contributed by atoms with van der Waals surface area (Å²) in [5.41, 5.74) is 1.71. The van der Waals surface area contributed by atoms with Crippen LogP contribution >= 0.6 is 0 Å². The van der Waals surface area contributed by atoms with Gasteiger partial charge in [0.2, 0.25) is 0 Å². The van der Waals surface area contributed by atoms with Gasteiger partial charge in [-0.1, -0.05) is 39.0 Å². The topological polar surface area (TPSA) is 78.3 Å². The van der Waals surface area contributed by atoms with Crippen molar-refractivity contribution in [3.8, 4) is 17.3 Å². The summed E-state index contributed by atoms with van der Waals surface area (Å²) >= 11 is 0. The van der Waals surface area contributed by atoms with E-state index >= 15 is 0 Å². The molecule has 0 saturated carbocycles. The predicted octanol–water partition coefficient (Wildman–Crippen LogP) is 4.32. The number of carbonyl (C=O) groups excluding carboxylic acids is 1. The smallest absolute Gasteiger partial charge is 0.263 e. The Bertz CT molecular complexity index is 1050. The molecule has 0 atom stereocenters. The molecule has 0 aliphatic carbocycles. The molecule has 1 amide bonds. The minimum Gasteiger partial charge on any atom is -0.493 e. The van der Waals surface area contributed by atoms with Crippen LogP contribution in [0.4, 0.5) is 5.82 Å². The molecule has 31 heavy (non-hydrogen) atoms. The van der Waals surface area contributed by atoms with Crippen molar-refractivity contribution in [1.82, 2.24) is 14.8 Å². The molecule has 0 aliphatic heterocycles. The minimum atomic E-state index is -0.310. The second-order valence-electron chi connectivity index (χ2n) is 8.08. The van der Waals surface area contributed by atoms with E-state index in [2.05, 4.69) is 42.7 Å². The van der Waals surface area contributed by atoms with Crippen molar-refractivity contribution in [3.05, 3.63) is 72.6 Å². The number of methoxy groups -OCH3 is 1. The highest BCUT2D eigenvalue weighted by Crippen LogP contribution is 2.29. The Balaban J connectivity index is 1.76. The number of anilines is 1. The lowest BCUT2D eigenvalue weighted by atomic mass is 9.92. The van der Waals surface area contributed by atoms with Gasteiger partial charge >= 0.3 is 0 Å². The lowest BCUT2D eigenvalue weighted by Gasteiger charge is -2.13. The molecular weight excluding hydrogens is 392 g/mol. The molecule has 3 aromatic rings. The molecule has 0 unspecified atom stereocenters. The summed E-state index contributed by atoms with van der Waals surface area (Å²) in [5, 5.41) is 7.53. The van der Waals surface area contributed by atoms with Crippen molar-refractivity contribution in [2.45, 2.75) is 32.6 Å². The SMILES string of the molecule is C=CCc1ccc(OCC(=O)Nc2cc(C(C)(C)C)nn2-c2ccccn2)c(OC)c1. The molecule has 0 saturated heterocycles. The molecule has 2 aromatic heterocycles. The second-order valence-corrected chi connectivity index (χ2v) is 8.08. The van der Waals surface area contributed by atoms with Gasteiger partial charge in [-0.25, -0.2) is 4.98 Å². The average molecular weight is 421 g/mol. The maximum atomic E-state index is 12.6. The summed E-state index contributed by atoms with van der Waals surface area (Å²) in [4.78, 5) is 17.0. The van der Waals surface area contributed by atoms with E-state index in [-0.39, 0.29) is 17.9 Å². The number of rotatable bonds is 8. The van der Waals surface area contributed by atoms with E-state index < -0.39 is 0 Å². The van der Waals surface area contributed by atoms with Crippen molar-refractivity contribution >= 4 is 11.7 Å². The number of hydrogen-bond acceptors (Lipinski definition) is 5. The van der Waals surface area contributed by atoms with Crippen LogP contribution in [-0.4, -0.2) is 34.4 Å². The fourth-order valence-electron chi connectivity index (χ4n) is 2.94. The van der Waals surface area contributed by atoms with E-state index in [9.17, 15) is 4.79 Å². The number of aromatic nitrogens is 3. The number of benzene rings is 1. The third-order valence-corrected chi connectivity index (χ3v) is 4.58. The number of allylic oxidation sites excluding steroid dienone is 1. The Hall–Kier alpha value is -3.61. The van der Waals surface area contributed by atoms with Gasteiger partial charge < -0.3 is 14.8 Å².